The molecular formula is C14H19NO3. The van der Waals surface area contributed by atoms with Crippen molar-refractivity contribution < 1.29 is 14.3 Å². The minimum Gasteiger partial charge on any atom is -0.490 e. The summed E-state index contributed by atoms with van der Waals surface area (Å²) in [5.41, 5.74) is 5.72. The highest BCUT2D eigenvalue weighted by Gasteiger charge is 2.28. The highest BCUT2D eigenvalue weighted by atomic mass is 16.5. The lowest BCUT2D eigenvalue weighted by atomic mass is 9.90. The molecule has 0 saturated heterocycles. The van der Waals surface area contributed by atoms with Crippen LogP contribution >= 0.6 is 0 Å². The Morgan fingerprint density at radius 2 is 2.00 bits per heavy atom. The molecule has 1 unspecified atom stereocenters. The molecule has 0 bridgehead atoms. The van der Waals surface area contributed by atoms with Gasteiger partial charge < -0.3 is 15.2 Å². The molecule has 0 amide bonds. The monoisotopic (exact) mass is 249 g/mol. The zero-order valence-corrected chi connectivity index (χ0v) is 10.9. The lowest BCUT2D eigenvalue weighted by molar-refractivity contribution is 0.0897. The van der Waals surface area contributed by atoms with Crippen LogP contribution in [-0.4, -0.2) is 24.5 Å². The van der Waals surface area contributed by atoms with E-state index >= 15 is 0 Å². The van der Waals surface area contributed by atoms with Crippen LogP contribution in [0.25, 0.3) is 0 Å². The number of ether oxygens (including phenoxy) is 2. The first-order valence-electron chi connectivity index (χ1n) is 6.28. The highest BCUT2D eigenvalue weighted by Crippen LogP contribution is 2.31. The van der Waals surface area contributed by atoms with Crippen LogP contribution in [0.3, 0.4) is 0 Å². The maximum Gasteiger partial charge on any atom is 0.182 e. The topological polar surface area (TPSA) is 61.6 Å². The summed E-state index contributed by atoms with van der Waals surface area (Å²) in [6.07, 6.45) is 1.45. The lowest BCUT2D eigenvalue weighted by Gasteiger charge is -2.21. The largest absolute Gasteiger partial charge is 0.490 e. The first kappa shape index (κ1) is 12.9. The van der Waals surface area contributed by atoms with Crippen molar-refractivity contribution in [2.75, 3.05) is 13.2 Å². The summed E-state index contributed by atoms with van der Waals surface area (Å²) in [5.74, 6) is 1.25. The normalized spacial score (nSPS) is 17.7. The molecule has 98 valence electrons. The molecule has 2 rings (SSSR count). The van der Waals surface area contributed by atoms with Crippen LogP contribution in [0.2, 0.25) is 0 Å². The quantitative estimate of drug-likeness (QED) is 0.834. The van der Waals surface area contributed by atoms with E-state index in [9.17, 15) is 4.79 Å². The number of hydrogen-bond donors (Lipinski definition) is 1. The molecule has 1 aromatic carbocycles. The summed E-state index contributed by atoms with van der Waals surface area (Å²) < 4.78 is 11.1. The van der Waals surface area contributed by atoms with E-state index in [0.717, 1.165) is 6.42 Å². The predicted octanol–water partition coefficient (Wildman–Crippen LogP) is 2.16. The third kappa shape index (κ3) is 2.48. The second-order valence-corrected chi connectivity index (χ2v) is 4.81. The van der Waals surface area contributed by atoms with Crippen LogP contribution in [0, 0.1) is 0 Å². The fourth-order valence-corrected chi connectivity index (χ4v) is 1.79. The Labute approximate surface area is 107 Å². The van der Waals surface area contributed by atoms with E-state index < -0.39 is 5.54 Å². The molecule has 0 fully saturated rings. The molecule has 4 heteroatoms. The third-order valence-electron chi connectivity index (χ3n) is 3.26. The van der Waals surface area contributed by atoms with Crippen LogP contribution in [0.15, 0.2) is 18.2 Å². The standard InChI is InChI=1S/C14H19NO3/c1-3-14(2,15)13(16)10-5-6-11-12(9-10)18-8-4-7-17-11/h5-6,9H,3-4,7-8,15H2,1-2H3. The fourth-order valence-electron chi connectivity index (χ4n) is 1.79. The van der Waals surface area contributed by atoms with Crippen molar-refractivity contribution in [1.29, 1.82) is 0 Å². The van der Waals surface area contributed by atoms with Crippen molar-refractivity contribution in [3.05, 3.63) is 23.8 Å². The molecule has 0 saturated carbocycles. The number of fused-ring (bicyclic) bond motifs is 1. The Kier molecular flexibility index (Phi) is 3.57. The zero-order valence-electron chi connectivity index (χ0n) is 10.9. The van der Waals surface area contributed by atoms with Gasteiger partial charge in [0.15, 0.2) is 17.3 Å². The summed E-state index contributed by atoms with van der Waals surface area (Å²) in [6, 6.07) is 5.25. The van der Waals surface area contributed by atoms with Crippen molar-refractivity contribution in [3.8, 4) is 11.5 Å². The molecule has 1 aromatic rings. The van der Waals surface area contributed by atoms with Gasteiger partial charge in [-0.05, 0) is 31.5 Å². The van der Waals surface area contributed by atoms with Gasteiger partial charge in [0.1, 0.15) is 0 Å². The molecule has 1 heterocycles. The molecule has 1 aliphatic rings. The zero-order chi connectivity index (χ0) is 13.2. The molecule has 0 aromatic heterocycles. The summed E-state index contributed by atoms with van der Waals surface area (Å²) in [6.45, 7) is 4.90. The summed E-state index contributed by atoms with van der Waals surface area (Å²) >= 11 is 0. The molecule has 0 spiro atoms. The maximum absolute atomic E-state index is 12.2. The Morgan fingerprint density at radius 1 is 1.33 bits per heavy atom. The summed E-state index contributed by atoms with van der Waals surface area (Å²) in [7, 11) is 0. The van der Waals surface area contributed by atoms with E-state index in [2.05, 4.69) is 0 Å². The molecule has 4 nitrogen and oxygen atoms in total. The first-order valence-corrected chi connectivity index (χ1v) is 6.28. The number of hydrogen-bond acceptors (Lipinski definition) is 4. The Morgan fingerprint density at radius 3 is 2.67 bits per heavy atom. The fraction of sp³-hybridized carbons (Fsp3) is 0.500. The van der Waals surface area contributed by atoms with Gasteiger partial charge in [-0.2, -0.15) is 0 Å². The van der Waals surface area contributed by atoms with Gasteiger partial charge >= 0.3 is 0 Å². The van der Waals surface area contributed by atoms with Gasteiger partial charge in [-0.1, -0.05) is 6.92 Å². The maximum atomic E-state index is 12.2. The number of benzene rings is 1. The van der Waals surface area contributed by atoms with E-state index in [-0.39, 0.29) is 5.78 Å². The molecular weight excluding hydrogens is 230 g/mol. The smallest absolute Gasteiger partial charge is 0.182 e. The van der Waals surface area contributed by atoms with E-state index in [1.807, 2.05) is 6.92 Å². The van der Waals surface area contributed by atoms with Crippen molar-refractivity contribution >= 4 is 5.78 Å². The summed E-state index contributed by atoms with van der Waals surface area (Å²) in [4.78, 5) is 12.2. The SMILES string of the molecule is CCC(C)(N)C(=O)c1ccc2c(c1)OCCCO2. The molecule has 1 atom stereocenters. The van der Waals surface area contributed by atoms with Gasteiger partial charge in [0.05, 0.1) is 18.8 Å². The number of carbonyl (C=O) groups is 1. The number of rotatable bonds is 3. The van der Waals surface area contributed by atoms with Crippen LogP contribution in [0.4, 0.5) is 0 Å². The average molecular weight is 249 g/mol. The second kappa shape index (κ2) is 4.98. The van der Waals surface area contributed by atoms with Gasteiger partial charge in [0, 0.05) is 12.0 Å². The number of carbonyl (C=O) groups excluding carboxylic acids is 1. The van der Waals surface area contributed by atoms with Crippen molar-refractivity contribution in [2.45, 2.75) is 32.2 Å². The summed E-state index contributed by atoms with van der Waals surface area (Å²) in [5, 5.41) is 0. The molecule has 18 heavy (non-hydrogen) atoms. The Bertz CT molecular complexity index is 454. The van der Waals surface area contributed by atoms with Crippen LogP contribution in [0.5, 0.6) is 11.5 Å². The Balaban J connectivity index is 2.31. The molecule has 2 N–H and O–H groups in total. The molecule has 0 aliphatic carbocycles. The van der Waals surface area contributed by atoms with Crippen molar-refractivity contribution in [3.63, 3.8) is 0 Å². The first-order chi connectivity index (χ1) is 8.54. The molecule has 0 radical (unpaired) electrons. The minimum absolute atomic E-state index is 0.0688. The van der Waals surface area contributed by atoms with Crippen molar-refractivity contribution in [1.82, 2.24) is 0 Å². The van der Waals surface area contributed by atoms with Crippen LogP contribution < -0.4 is 15.2 Å². The van der Waals surface area contributed by atoms with Gasteiger partial charge in [0.2, 0.25) is 0 Å². The third-order valence-corrected chi connectivity index (χ3v) is 3.26. The number of ketones is 1. The minimum atomic E-state index is -0.834. The predicted molar refractivity (Wildman–Crippen MR) is 69.3 cm³/mol. The second-order valence-electron chi connectivity index (χ2n) is 4.81. The van der Waals surface area contributed by atoms with Crippen LogP contribution in [0.1, 0.15) is 37.0 Å². The Hall–Kier alpha value is -1.55. The number of Topliss-reactive ketones (excluding diaryl/α,β-unsaturated/α-hetero) is 1. The van der Waals surface area contributed by atoms with Gasteiger partial charge in [-0.15, -0.1) is 0 Å². The lowest BCUT2D eigenvalue weighted by Crippen LogP contribution is -2.44. The number of nitrogens with two attached hydrogens (primary N) is 1. The van der Waals surface area contributed by atoms with E-state index in [0.29, 0.717) is 36.7 Å². The van der Waals surface area contributed by atoms with E-state index in [1.54, 1.807) is 25.1 Å². The van der Waals surface area contributed by atoms with Gasteiger partial charge in [-0.25, -0.2) is 0 Å². The van der Waals surface area contributed by atoms with E-state index in [4.69, 9.17) is 15.2 Å². The van der Waals surface area contributed by atoms with Crippen LogP contribution in [-0.2, 0) is 0 Å². The van der Waals surface area contributed by atoms with Gasteiger partial charge in [-0.3, -0.25) is 4.79 Å². The highest BCUT2D eigenvalue weighted by molar-refractivity contribution is 6.03. The van der Waals surface area contributed by atoms with Gasteiger partial charge in [0.25, 0.3) is 0 Å². The van der Waals surface area contributed by atoms with E-state index in [1.165, 1.54) is 0 Å². The molecule has 1 aliphatic heterocycles. The van der Waals surface area contributed by atoms with Crippen molar-refractivity contribution in [2.24, 2.45) is 5.73 Å². The average Bonchev–Trinajstić information content (AvgIpc) is 2.62.